The van der Waals surface area contributed by atoms with E-state index in [2.05, 4.69) is 5.16 Å². The highest BCUT2D eigenvalue weighted by molar-refractivity contribution is 6.30. The van der Waals surface area contributed by atoms with E-state index >= 15 is 0 Å². The third kappa shape index (κ3) is 3.51. The number of rotatable bonds is 3. The number of methoxy groups -OCH3 is 1. The Morgan fingerprint density at radius 1 is 1.45 bits per heavy atom. The van der Waals surface area contributed by atoms with E-state index in [0.29, 0.717) is 10.7 Å². The molecule has 1 aromatic carbocycles. The van der Waals surface area contributed by atoms with Crippen LogP contribution < -0.4 is 0 Å². The molecular formula is C15H18ClNO3. The minimum atomic E-state index is -0.357. The Hall–Kier alpha value is -1.55. The topological polar surface area (TPSA) is 47.9 Å². The molecule has 0 aliphatic carbocycles. The molecule has 1 aliphatic heterocycles. The summed E-state index contributed by atoms with van der Waals surface area (Å²) >= 11 is 5.92. The van der Waals surface area contributed by atoms with Crippen LogP contribution in [0.5, 0.6) is 0 Å². The molecule has 0 aromatic heterocycles. The van der Waals surface area contributed by atoms with Crippen LogP contribution in [0, 0.1) is 0 Å². The summed E-state index contributed by atoms with van der Waals surface area (Å²) in [5.74, 6) is -0.277. The van der Waals surface area contributed by atoms with E-state index in [1.807, 2.05) is 38.1 Å². The van der Waals surface area contributed by atoms with Crippen molar-refractivity contribution in [2.24, 2.45) is 5.16 Å². The largest absolute Gasteiger partial charge is 0.469 e. The molecule has 0 fully saturated rings. The van der Waals surface area contributed by atoms with Crippen LogP contribution in [0.1, 0.15) is 38.2 Å². The summed E-state index contributed by atoms with van der Waals surface area (Å²) in [6.07, 6.45) is 0.893. The third-order valence-corrected chi connectivity index (χ3v) is 3.59. The lowest BCUT2D eigenvalue weighted by molar-refractivity contribution is -0.139. The van der Waals surface area contributed by atoms with Gasteiger partial charge in [-0.3, -0.25) is 4.79 Å². The maximum Gasteiger partial charge on any atom is 0.311 e. The fraction of sp³-hybridized carbons (Fsp3) is 0.467. The van der Waals surface area contributed by atoms with Crippen molar-refractivity contribution in [2.45, 2.75) is 38.2 Å². The van der Waals surface area contributed by atoms with Gasteiger partial charge < -0.3 is 9.57 Å². The number of hydrogen-bond donors (Lipinski definition) is 0. The van der Waals surface area contributed by atoms with Crippen LogP contribution in [0.3, 0.4) is 0 Å². The van der Waals surface area contributed by atoms with Gasteiger partial charge in [0.05, 0.1) is 19.2 Å². The zero-order valence-corrected chi connectivity index (χ0v) is 12.6. The maximum atomic E-state index is 11.5. The molecule has 108 valence electrons. The number of hydrogen-bond acceptors (Lipinski definition) is 4. The molecule has 1 heterocycles. The van der Waals surface area contributed by atoms with E-state index in [9.17, 15) is 4.79 Å². The minimum absolute atomic E-state index is 0.0371. The first-order valence-electron chi connectivity index (χ1n) is 6.48. The van der Waals surface area contributed by atoms with Crippen molar-refractivity contribution in [2.75, 3.05) is 7.11 Å². The van der Waals surface area contributed by atoms with Crippen molar-refractivity contribution >= 4 is 23.3 Å². The molecule has 0 saturated heterocycles. The van der Waals surface area contributed by atoms with Crippen LogP contribution in [0.2, 0.25) is 5.02 Å². The summed E-state index contributed by atoms with van der Waals surface area (Å²) in [6, 6.07) is 7.60. The number of oxime groups is 1. The summed E-state index contributed by atoms with van der Waals surface area (Å²) in [4.78, 5) is 16.9. The van der Waals surface area contributed by atoms with E-state index < -0.39 is 0 Å². The van der Waals surface area contributed by atoms with Gasteiger partial charge in [0.25, 0.3) is 0 Å². The predicted octanol–water partition coefficient (Wildman–Crippen LogP) is 3.54. The number of benzene rings is 1. The normalized spacial score (nSPS) is 20.8. The first kappa shape index (κ1) is 14.9. The van der Waals surface area contributed by atoms with Gasteiger partial charge in [-0.2, -0.15) is 0 Å². The molecule has 0 N–H and O–H groups in total. The standard InChI is InChI=1S/C15H18ClNO3/c1-15(2)9-12(10-4-6-11(16)7-5-10)13(17-20-15)8-14(18)19-3/h4-7,12H,8-9H2,1-3H3. The molecule has 0 bridgehead atoms. The van der Waals surface area contributed by atoms with Gasteiger partial charge in [0, 0.05) is 17.4 Å². The van der Waals surface area contributed by atoms with E-state index in [1.54, 1.807) is 0 Å². The van der Waals surface area contributed by atoms with Gasteiger partial charge in [-0.1, -0.05) is 28.9 Å². The Bertz CT molecular complexity index is 522. The van der Waals surface area contributed by atoms with Gasteiger partial charge in [-0.25, -0.2) is 0 Å². The summed E-state index contributed by atoms with van der Waals surface area (Å²) < 4.78 is 4.71. The van der Waals surface area contributed by atoms with Crippen molar-refractivity contribution in [3.8, 4) is 0 Å². The molecule has 4 nitrogen and oxygen atoms in total. The molecule has 2 rings (SSSR count). The van der Waals surface area contributed by atoms with Crippen LogP contribution in [-0.4, -0.2) is 24.4 Å². The average molecular weight is 296 g/mol. The lowest BCUT2D eigenvalue weighted by atomic mass is 9.82. The predicted molar refractivity (Wildman–Crippen MR) is 78.0 cm³/mol. The van der Waals surface area contributed by atoms with Crippen LogP contribution in [0.4, 0.5) is 0 Å². The average Bonchev–Trinajstić information content (AvgIpc) is 2.41. The number of ether oxygens (including phenoxy) is 1. The molecular weight excluding hydrogens is 278 g/mol. The molecule has 0 radical (unpaired) electrons. The lowest BCUT2D eigenvalue weighted by Crippen LogP contribution is -2.34. The van der Waals surface area contributed by atoms with Gasteiger partial charge >= 0.3 is 5.97 Å². The SMILES string of the molecule is COC(=O)CC1=NOC(C)(C)CC1c1ccc(Cl)cc1. The van der Waals surface area contributed by atoms with Crippen molar-refractivity contribution < 1.29 is 14.4 Å². The second-order valence-electron chi connectivity index (χ2n) is 5.49. The molecule has 0 spiro atoms. The lowest BCUT2D eigenvalue weighted by Gasteiger charge is -2.33. The van der Waals surface area contributed by atoms with Crippen molar-refractivity contribution in [1.29, 1.82) is 0 Å². The van der Waals surface area contributed by atoms with E-state index in [1.165, 1.54) is 7.11 Å². The second kappa shape index (κ2) is 5.83. The highest BCUT2D eigenvalue weighted by Gasteiger charge is 2.35. The molecule has 0 amide bonds. The van der Waals surface area contributed by atoms with Crippen molar-refractivity contribution in [3.05, 3.63) is 34.9 Å². The highest BCUT2D eigenvalue weighted by atomic mass is 35.5. The first-order chi connectivity index (χ1) is 9.41. The summed E-state index contributed by atoms with van der Waals surface area (Å²) in [5.41, 5.74) is 1.41. The number of carbonyl (C=O) groups is 1. The molecule has 5 heteroatoms. The summed E-state index contributed by atoms with van der Waals surface area (Å²) in [5, 5.41) is 4.82. The highest BCUT2D eigenvalue weighted by Crippen LogP contribution is 2.35. The van der Waals surface area contributed by atoms with E-state index in [4.69, 9.17) is 21.2 Å². The van der Waals surface area contributed by atoms with Gasteiger partial charge in [0.2, 0.25) is 0 Å². The van der Waals surface area contributed by atoms with Gasteiger partial charge in [0.1, 0.15) is 5.60 Å². The number of carbonyl (C=O) groups excluding carboxylic acids is 1. The molecule has 1 aliphatic rings. The Morgan fingerprint density at radius 3 is 2.70 bits per heavy atom. The van der Waals surface area contributed by atoms with Gasteiger partial charge in [-0.05, 0) is 31.5 Å². The zero-order chi connectivity index (χ0) is 14.8. The van der Waals surface area contributed by atoms with Crippen LogP contribution >= 0.6 is 11.6 Å². The molecule has 1 aromatic rings. The van der Waals surface area contributed by atoms with E-state index in [0.717, 1.165) is 12.0 Å². The monoisotopic (exact) mass is 295 g/mol. The Labute approximate surface area is 123 Å². The summed E-state index contributed by atoms with van der Waals surface area (Å²) in [7, 11) is 1.37. The number of nitrogens with zero attached hydrogens (tertiary/aromatic N) is 1. The van der Waals surface area contributed by atoms with Crippen LogP contribution in [0.25, 0.3) is 0 Å². The Kier molecular flexibility index (Phi) is 4.33. The number of esters is 1. The van der Waals surface area contributed by atoms with Gasteiger partial charge in [-0.15, -0.1) is 0 Å². The van der Waals surface area contributed by atoms with Crippen molar-refractivity contribution in [3.63, 3.8) is 0 Å². The quantitative estimate of drug-likeness (QED) is 0.801. The fourth-order valence-electron chi connectivity index (χ4n) is 2.27. The zero-order valence-electron chi connectivity index (χ0n) is 11.9. The minimum Gasteiger partial charge on any atom is -0.469 e. The Balaban J connectivity index is 2.29. The maximum absolute atomic E-state index is 11.5. The molecule has 0 saturated carbocycles. The second-order valence-corrected chi connectivity index (χ2v) is 5.93. The molecule has 1 unspecified atom stereocenters. The van der Waals surface area contributed by atoms with Crippen LogP contribution in [0.15, 0.2) is 29.4 Å². The fourth-order valence-corrected chi connectivity index (χ4v) is 2.40. The summed E-state index contributed by atoms with van der Waals surface area (Å²) in [6.45, 7) is 3.96. The third-order valence-electron chi connectivity index (χ3n) is 3.33. The van der Waals surface area contributed by atoms with Crippen LogP contribution in [-0.2, 0) is 14.4 Å². The smallest absolute Gasteiger partial charge is 0.311 e. The first-order valence-corrected chi connectivity index (χ1v) is 6.86. The number of halogens is 1. The molecule has 1 atom stereocenters. The van der Waals surface area contributed by atoms with E-state index in [-0.39, 0.29) is 23.9 Å². The molecule has 20 heavy (non-hydrogen) atoms. The van der Waals surface area contributed by atoms with Crippen molar-refractivity contribution in [1.82, 2.24) is 0 Å². The Morgan fingerprint density at radius 2 is 2.10 bits per heavy atom. The van der Waals surface area contributed by atoms with Gasteiger partial charge in [0.15, 0.2) is 0 Å².